The third-order valence-corrected chi connectivity index (χ3v) is 7.36. The zero-order valence-electron chi connectivity index (χ0n) is 19.1. The lowest BCUT2D eigenvalue weighted by Gasteiger charge is -2.36. The molecule has 3 aliphatic heterocycles. The van der Waals surface area contributed by atoms with Crippen LogP contribution in [-0.4, -0.2) is 63.7 Å². The number of ether oxygens (including phenoxy) is 1. The molecule has 1 spiro atoms. The van der Waals surface area contributed by atoms with Gasteiger partial charge in [0.2, 0.25) is 17.7 Å². The van der Waals surface area contributed by atoms with Crippen LogP contribution in [0.1, 0.15) is 47.0 Å². The van der Waals surface area contributed by atoms with Crippen LogP contribution in [0.5, 0.6) is 0 Å². The third-order valence-electron chi connectivity index (χ3n) is 7.36. The van der Waals surface area contributed by atoms with Crippen molar-refractivity contribution in [3.63, 3.8) is 0 Å². The molecule has 1 aromatic carbocycles. The maximum atomic E-state index is 13.8. The van der Waals surface area contributed by atoms with Gasteiger partial charge in [-0.25, -0.2) is 0 Å². The number of anilines is 1. The monoisotopic (exact) mass is 443 g/mol. The number of nitrogens with zero attached hydrogens (tertiary/aromatic N) is 1. The van der Waals surface area contributed by atoms with Gasteiger partial charge in [-0.1, -0.05) is 25.1 Å². The van der Waals surface area contributed by atoms with E-state index in [0.717, 1.165) is 0 Å². The van der Waals surface area contributed by atoms with Crippen LogP contribution in [0.25, 0.3) is 0 Å². The predicted molar refractivity (Wildman–Crippen MR) is 119 cm³/mol. The zero-order chi connectivity index (χ0) is 23.3. The highest BCUT2D eigenvalue weighted by Crippen LogP contribution is 2.64. The minimum absolute atomic E-state index is 0.116. The summed E-state index contributed by atoms with van der Waals surface area (Å²) >= 11 is 0. The van der Waals surface area contributed by atoms with Crippen molar-refractivity contribution in [3.8, 4) is 0 Å². The molecule has 2 bridgehead atoms. The maximum Gasteiger partial charge on any atom is 0.246 e. The average molecular weight is 444 g/mol. The quantitative estimate of drug-likeness (QED) is 0.594. The molecular weight excluding hydrogens is 410 g/mol. The highest BCUT2D eigenvalue weighted by atomic mass is 16.5. The standard InChI is InChI=1S/C24H33N3O5/c1-5-23-11-12-24(32-23)18(17(23)20(29)26-16-9-7-6-8-10-16)22(31)27(15(4)13-28)19(24)21(30)25-14(2)3/h6-10,14-15,17-19,28H,5,11-13H2,1-4H3,(H,25,30)(H,26,29)/t15-,17+,18+,19?,23-,24?/m1/s1. The summed E-state index contributed by atoms with van der Waals surface area (Å²) in [7, 11) is 0. The molecule has 0 saturated carbocycles. The Morgan fingerprint density at radius 1 is 1.19 bits per heavy atom. The molecule has 1 aromatic rings. The van der Waals surface area contributed by atoms with Crippen LogP contribution in [-0.2, 0) is 19.1 Å². The van der Waals surface area contributed by atoms with Crippen LogP contribution in [0.4, 0.5) is 5.69 Å². The topological polar surface area (TPSA) is 108 Å². The number of nitrogens with one attached hydrogen (secondary N) is 2. The number of aliphatic hydroxyl groups is 1. The first-order valence-electron chi connectivity index (χ1n) is 11.5. The number of carbonyl (C=O) groups is 3. The van der Waals surface area contributed by atoms with Gasteiger partial charge in [-0.3, -0.25) is 14.4 Å². The molecule has 174 valence electrons. The van der Waals surface area contributed by atoms with E-state index in [1.165, 1.54) is 4.90 Å². The Morgan fingerprint density at radius 2 is 1.88 bits per heavy atom. The Morgan fingerprint density at radius 3 is 2.47 bits per heavy atom. The number of hydrogen-bond acceptors (Lipinski definition) is 5. The first-order chi connectivity index (χ1) is 15.2. The van der Waals surface area contributed by atoms with Crippen molar-refractivity contribution in [2.45, 2.75) is 76.3 Å². The number of para-hydroxylation sites is 1. The van der Waals surface area contributed by atoms with Crippen molar-refractivity contribution in [3.05, 3.63) is 30.3 Å². The summed E-state index contributed by atoms with van der Waals surface area (Å²) < 4.78 is 6.64. The van der Waals surface area contributed by atoms with Gasteiger partial charge in [0.05, 0.1) is 30.1 Å². The van der Waals surface area contributed by atoms with Crippen LogP contribution >= 0.6 is 0 Å². The van der Waals surface area contributed by atoms with Gasteiger partial charge in [0.25, 0.3) is 0 Å². The van der Waals surface area contributed by atoms with E-state index >= 15 is 0 Å². The fraction of sp³-hybridized carbons (Fsp3) is 0.625. The molecule has 3 heterocycles. The van der Waals surface area contributed by atoms with Crippen LogP contribution < -0.4 is 10.6 Å². The second-order valence-electron chi connectivity index (χ2n) is 9.63. The fourth-order valence-corrected chi connectivity index (χ4v) is 6.02. The molecule has 3 N–H and O–H groups in total. The van der Waals surface area contributed by atoms with E-state index in [4.69, 9.17) is 4.74 Å². The number of benzene rings is 1. The molecule has 3 fully saturated rings. The van der Waals surface area contributed by atoms with Crippen LogP contribution in [0.2, 0.25) is 0 Å². The Hall–Kier alpha value is -2.45. The van der Waals surface area contributed by atoms with E-state index in [-0.39, 0.29) is 30.4 Å². The van der Waals surface area contributed by atoms with Crippen molar-refractivity contribution in [2.75, 3.05) is 11.9 Å². The maximum absolute atomic E-state index is 13.8. The van der Waals surface area contributed by atoms with Crippen molar-refractivity contribution in [1.82, 2.24) is 10.2 Å². The zero-order valence-corrected chi connectivity index (χ0v) is 19.1. The van der Waals surface area contributed by atoms with E-state index in [1.54, 1.807) is 19.1 Å². The number of fused-ring (bicyclic) bond motifs is 1. The second-order valence-corrected chi connectivity index (χ2v) is 9.63. The van der Waals surface area contributed by atoms with E-state index in [9.17, 15) is 19.5 Å². The molecule has 3 aliphatic rings. The van der Waals surface area contributed by atoms with Gasteiger partial charge in [0.15, 0.2) is 0 Å². The number of likely N-dealkylation sites (tertiary alicyclic amines) is 1. The Labute approximate surface area is 188 Å². The number of hydrogen-bond donors (Lipinski definition) is 3. The number of rotatable bonds is 7. The lowest BCUT2D eigenvalue weighted by atomic mass is 9.65. The van der Waals surface area contributed by atoms with Gasteiger partial charge in [-0.05, 0) is 52.2 Å². The van der Waals surface area contributed by atoms with Gasteiger partial charge >= 0.3 is 0 Å². The number of aliphatic hydroxyl groups excluding tert-OH is 1. The van der Waals surface area contributed by atoms with Crippen molar-refractivity contribution in [1.29, 1.82) is 0 Å². The highest BCUT2D eigenvalue weighted by Gasteiger charge is 2.78. The summed E-state index contributed by atoms with van der Waals surface area (Å²) in [5.74, 6) is -2.33. The van der Waals surface area contributed by atoms with E-state index < -0.39 is 35.1 Å². The normalized spacial score (nSPS) is 34.0. The molecule has 2 unspecified atom stereocenters. The lowest BCUT2D eigenvalue weighted by Crippen LogP contribution is -2.58. The van der Waals surface area contributed by atoms with E-state index in [2.05, 4.69) is 10.6 Å². The molecule has 8 heteroatoms. The molecule has 0 aromatic heterocycles. The van der Waals surface area contributed by atoms with Gasteiger partial charge in [0, 0.05) is 11.7 Å². The summed E-state index contributed by atoms with van der Waals surface area (Å²) in [4.78, 5) is 42.1. The lowest BCUT2D eigenvalue weighted by molar-refractivity contribution is -0.149. The number of amides is 3. The molecule has 0 aliphatic carbocycles. The minimum atomic E-state index is -1.08. The summed E-state index contributed by atoms with van der Waals surface area (Å²) in [6, 6.07) is 7.58. The van der Waals surface area contributed by atoms with Crippen molar-refractivity contribution in [2.24, 2.45) is 11.8 Å². The Balaban J connectivity index is 1.76. The average Bonchev–Trinajstić information content (AvgIpc) is 3.37. The van der Waals surface area contributed by atoms with Gasteiger partial charge in [-0.15, -0.1) is 0 Å². The summed E-state index contributed by atoms with van der Waals surface area (Å²) in [5, 5.41) is 15.7. The molecule has 3 amide bonds. The fourth-order valence-electron chi connectivity index (χ4n) is 6.02. The Bertz CT molecular complexity index is 906. The minimum Gasteiger partial charge on any atom is -0.394 e. The van der Waals surface area contributed by atoms with Crippen molar-refractivity contribution >= 4 is 23.4 Å². The summed E-state index contributed by atoms with van der Waals surface area (Å²) in [6.07, 6.45) is 1.70. The van der Waals surface area contributed by atoms with Crippen molar-refractivity contribution < 1.29 is 24.2 Å². The van der Waals surface area contributed by atoms with E-state index in [1.807, 2.05) is 39.0 Å². The van der Waals surface area contributed by atoms with E-state index in [0.29, 0.717) is 24.9 Å². The molecule has 8 nitrogen and oxygen atoms in total. The van der Waals surface area contributed by atoms with Gasteiger partial charge < -0.3 is 25.4 Å². The smallest absolute Gasteiger partial charge is 0.246 e. The Kier molecular flexibility index (Phi) is 5.79. The second kappa shape index (κ2) is 8.15. The number of carbonyl (C=O) groups excluding carboxylic acids is 3. The largest absolute Gasteiger partial charge is 0.394 e. The molecule has 32 heavy (non-hydrogen) atoms. The third kappa shape index (κ3) is 3.23. The molecule has 3 saturated heterocycles. The first-order valence-corrected chi connectivity index (χ1v) is 11.5. The van der Waals surface area contributed by atoms with Gasteiger partial charge in [0.1, 0.15) is 11.6 Å². The summed E-state index contributed by atoms with van der Waals surface area (Å²) in [5.41, 5.74) is -1.21. The van der Waals surface area contributed by atoms with Crippen LogP contribution in [0.15, 0.2) is 30.3 Å². The molecule has 4 rings (SSSR count). The predicted octanol–water partition coefficient (Wildman–Crippen LogP) is 1.69. The molecule has 6 atom stereocenters. The van der Waals surface area contributed by atoms with Gasteiger partial charge in [-0.2, -0.15) is 0 Å². The van der Waals surface area contributed by atoms with Crippen LogP contribution in [0.3, 0.4) is 0 Å². The SMILES string of the molecule is CC[C@]12CCC3(O1)C(C(=O)NC(C)C)N([C@H](C)CO)C(=O)[C@@H]3[C@H]2C(=O)Nc1ccccc1. The first kappa shape index (κ1) is 22.7. The highest BCUT2D eigenvalue weighted by molar-refractivity contribution is 6.02. The molecule has 0 radical (unpaired) electrons. The van der Waals surface area contributed by atoms with Crippen LogP contribution in [0, 0.1) is 11.8 Å². The molecular formula is C24H33N3O5. The summed E-state index contributed by atoms with van der Waals surface area (Å²) in [6.45, 7) is 7.12.